The highest BCUT2D eigenvalue weighted by molar-refractivity contribution is 6.69. The molecule has 2 heteroatoms. The molecule has 21 heavy (non-hydrogen) atoms. The second-order valence-electron chi connectivity index (χ2n) is 6.54. The van der Waals surface area contributed by atoms with E-state index in [9.17, 15) is 0 Å². The molecule has 2 aromatic rings. The highest BCUT2D eigenvalue weighted by Gasteiger charge is 2.33. The maximum absolute atomic E-state index is 2.50. The van der Waals surface area contributed by atoms with Crippen LogP contribution >= 0.6 is 0 Å². The highest BCUT2D eigenvalue weighted by Crippen LogP contribution is 2.36. The molecule has 0 aliphatic carbocycles. The SMILES string of the molecule is CN1CCCC(C2c3ccccc3[B]c3ccccc32)C1. The van der Waals surface area contributed by atoms with Crippen LogP contribution in [0.1, 0.15) is 29.9 Å². The van der Waals surface area contributed by atoms with Crippen molar-refractivity contribution in [2.45, 2.75) is 18.8 Å². The molecule has 4 rings (SSSR count). The van der Waals surface area contributed by atoms with Crippen LogP contribution in [0.25, 0.3) is 0 Å². The lowest BCUT2D eigenvalue weighted by molar-refractivity contribution is 0.197. The van der Waals surface area contributed by atoms with Crippen LogP contribution < -0.4 is 10.9 Å². The Morgan fingerprint density at radius 1 is 0.952 bits per heavy atom. The van der Waals surface area contributed by atoms with Gasteiger partial charge in [0.1, 0.15) is 0 Å². The van der Waals surface area contributed by atoms with Gasteiger partial charge in [-0.15, -0.1) is 0 Å². The maximum atomic E-state index is 2.50. The van der Waals surface area contributed by atoms with E-state index in [1.807, 2.05) is 0 Å². The minimum absolute atomic E-state index is 0.560. The largest absolute Gasteiger partial charge is 0.306 e. The topological polar surface area (TPSA) is 3.24 Å². The van der Waals surface area contributed by atoms with E-state index in [2.05, 4.69) is 67.8 Å². The zero-order valence-corrected chi connectivity index (χ0v) is 12.6. The van der Waals surface area contributed by atoms with Crippen molar-refractivity contribution in [1.29, 1.82) is 0 Å². The fourth-order valence-electron chi connectivity index (χ4n) is 4.17. The number of benzene rings is 2. The lowest BCUT2D eigenvalue weighted by atomic mass is 9.52. The number of fused-ring (bicyclic) bond motifs is 2. The molecule has 1 fully saturated rings. The molecule has 2 aromatic carbocycles. The van der Waals surface area contributed by atoms with Gasteiger partial charge in [-0.05, 0) is 43.5 Å². The molecule has 105 valence electrons. The molecule has 0 spiro atoms. The van der Waals surface area contributed by atoms with E-state index >= 15 is 0 Å². The molecular weight excluding hydrogens is 253 g/mol. The van der Waals surface area contributed by atoms with Gasteiger partial charge in [-0.3, -0.25) is 0 Å². The monoisotopic (exact) mass is 274 g/mol. The molecule has 0 aromatic heterocycles. The number of likely N-dealkylation sites (tertiary alicyclic amines) is 1. The second kappa shape index (κ2) is 5.34. The summed E-state index contributed by atoms with van der Waals surface area (Å²) in [5, 5.41) is 0. The molecule has 2 aliphatic heterocycles. The van der Waals surface area contributed by atoms with Crippen LogP contribution in [0.5, 0.6) is 0 Å². The number of hydrogen-bond donors (Lipinski definition) is 0. The first-order valence-electron chi connectivity index (χ1n) is 8.04. The Morgan fingerprint density at radius 2 is 1.57 bits per heavy atom. The van der Waals surface area contributed by atoms with Gasteiger partial charge in [-0.25, -0.2) is 0 Å². The Morgan fingerprint density at radius 3 is 2.19 bits per heavy atom. The summed E-state index contributed by atoms with van der Waals surface area (Å²) in [5.41, 5.74) is 5.87. The van der Waals surface area contributed by atoms with Gasteiger partial charge in [0.2, 0.25) is 0 Å². The molecule has 1 saturated heterocycles. The average molecular weight is 274 g/mol. The first-order chi connectivity index (χ1) is 10.3. The third-order valence-corrected chi connectivity index (χ3v) is 5.11. The molecule has 0 bridgehead atoms. The fraction of sp³-hybridized carbons (Fsp3) is 0.368. The zero-order valence-electron chi connectivity index (χ0n) is 12.6. The van der Waals surface area contributed by atoms with Gasteiger partial charge in [-0.1, -0.05) is 59.5 Å². The molecule has 1 nitrogen and oxygen atoms in total. The maximum Gasteiger partial charge on any atom is 0.192 e. The van der Waals surface area contributed by atoms with E-state index in [-0.39, 0.29) is 0 Å². The lowest BCUT2D eigenvalue weighted by Crippen LogP contribution is -2.44. The molecule has 1 atom stereocenters. The molecule has 0 amide bonds. The van der Waals surface area contributed by atoms with Crippen molar-refractivity contribution in [2.24, 2.45) is 5.92 Å². The summed E-state index contributed by atoms with van der Waals surface area (Å²) in [6.45, 7) is 2.46. The number of rotatable bonds is 1. The second-order valence-corrected chi connectivity index (χ2v) is 6.54. The van der Waals surface area contributed by atoms with Crippen LogP contribution in [0.2, 0.25) is 0 Å². The van der Waals surface area contributed by atoms with Crippen molar-refractivity contribution in [3.8, 4) is 0 Å². The smallest absolute Gasteiger partial charge is 0.192 e. The van der Waals surface area contributed by atoms with E-state index in [1.165, 1.54) is 48.0 Å². The quantitative estimate of drug-likeness (QED) is 0.720. The highest BCUT2D eigenvalue weighted by atomic mass is 15.1. The van der Waals surface area contributed by atoms with Gasteiger partial charge in [-0.2, -0.15) is 0 Å². The Balaban J connectivity index is 1.81. The Kier molecular flexibility index (Phi) is 3.35. The van der Waals surface area contributed by atoms with Crippen LogP contribution in [0.15, 0.2) is 48.5 Å². The summed E-state index contributed by atoms with van der Waals surface area (Å²) >= 11 is 0. The summed E-state index contributed by atoms with van der Waals surface area (Å²) in [6.07, 6.45) is 2.67. The van der Waals surface area contributed by atoms with Crippen molar-refractivity contribution >= 4 is 18.2 Å². The molecule has 2 heterocycles. The normalized spacial score (nSPS) is 22.2. The number of nitrogens with zero attached hydrogens (tertiary/aromatic N) is 1. The van der Waals surface area contributed by atoms with Crippen molar-refractivity contribution < 1.29 is 0 Å². The number of hydrogen-bond acceptors (Lipinski definition) is 1. The Hall–Kier alpha value is -1.54. The van der Waals surface area contributed by atoms with Crippen molar-refractivity contribution in [1.82, 2.24) is 4.90 Å². The van der Waals surface area contributed by atoms with E-state index in [0.717, 1.165) is 5.92 Å². The van der Waals surface area contributed by atoms with Gasteiger partial charge in [0.25, 0.3) is 0 Å². The summed E-state index contributed by atoms with van der Waals surface area (Å²) in [5.74, 6) is 1.30. The minimum atomic E-state index is 0.560. The lowest BCUT2D eigenvalue weighted by Gasteiger charge is -2.39. The van der Waals surface area contributed by atoms with E-state index in [4.69, 9.17) is 0 Å². The molecule has 1 radical (unpaired) electrons. The fourth-order valence-corrected chi connectivity index (χ4v) is 4.17. The van der Waals surface area contributed by atoms with Gasteiger partial charge >= 0.3 is 0 Å². The third kappa shape index (κ3) is 2.32. The van der Waals surface area contributed by atoms with Crippen LogP contribution in [-0.4, -0.2) is 32.3 Å². The van der Waals surface area contributed by atoms with Crippen molar-refractivity contribution in [2.75, 3.05) is 20.1 Å². The van der Waals surface area contributed by atoms with E-state index in [0.29, 0.717) is 5.92 Å². The molecule has 1 unspecified atom stereocenters. The molecule has 0 N–H and O–H groups in total. The van der Waals surface area contributed by atoms with E-state index in [1.54, 1.807) is 0 Å². The van der Waals surface area contributed by atoms with Crippen LogP contribution in [0, 0.1) is 5.92 Å². The van der Waals surface area contributed by atoms with Gasteiger partial charge in [0, 0.05) is 12.5 Å². The number of piperidine rings is 1. The van der Waals surface area contributed by atoms with Gasteiger partial charge in [0.15, 0.2) is 7.28 Å². The third-order valence-electron chi connectivity index (χ3n) is 5.11. The van der Waals surface area contributed by atoms with Crippen LogP contribution in [0.3, 0.4) is 0 Å². The standard InChI is InChI=1S/C19H21BN/c1-21-12-6-7-14(13-21)19-15-8-2-4-10-17(15)20-18-11-5-3-9-16(18)19/h2-5,8-11,14,19H,6-7,12-13H2,1H3. The van der Waals surface area contributed by atoms with Gasteiger partial charge < -0.3 is 4.90 Å². The molecular formula is C19H21BN. The van der Waals surface area contributed by atoms with Crippen molar-refractivity contribution in [3.05, 3.63) is 59.7 Å². The van der Waals surface area contributed by atoms with Crippen LogP contribution in [-0.2, 0) is 0 Å². The summed E-state index contributed by atoms with van der Waals surface area (Å²) in [6, 6.07) is 17.9. The Bertz CT molecular complexity index is 606. The first-order valence-corrected chi connectivity index (χ1v) is 8.04. The summed E-state index contributed by atoms with van der Waals surface area (Å²) in [4.78, 5) is 2.50. The molecule has 0 saturated carbocycles. The average Bonchev–Trinajstić information content (AvgIpc) is 2.52. The molecule has 2 aliphatic rings. The summed E-state index contributed by atoms with van der Waals surface area (Å²) in [7, 11) is 4.62. The van der Waals surface area contributed by atoms with E-state index < -0.39 is 0 Å². The summed E-state index contributed by atoms with van der Waals surface area (Å²) < 4.78 is 0. The minimum Gasteiger partial charge on any atom is -0.306 e. The van der Waals surface area contributed by atoms with Crippen LogP contribution in [0.4, 0.5) is 0 Å². The first kappa shape index (κ1) is 13.2. The predicted octanol–water partition coefficient (Wildman–Crippen LogP) is 2.13. The Labute approximate surface area is 128 Å². The van der Waals surface area contributed by atoms with Gasteiger partial charge in [0.05, 0.1) is 0 Å². The predicted molar refractivity (Wildman–Crippen MR) is 90.0 cm³/mol. The zero-order chi connectivity index (χ0) is 14.2. The van der Waals surface area contributed by atoms with Crippen molar-refractivity contribution in [3.63, 3.8) is 0 Å².